The number of methoxy groups -OCH3 is 1. The monoisotopic (exact) mass is 684 g/mol. The molecule has 5 heterocycles. The zero-order valence-corrected chi connectivity index (χ0v) is 28.7. The quantitative estimate of drug-likeness (QED) is 0.211. The SMILES string of the molecule is COC(=O)OCc1coc(-c2nc3oc2[C@@]24c5ccccc5NC2Oc2ccc(cc24)CC(CC(=O)[C@@H](O)C(C)C)C(=O)N[C@H]3C(C)(C)C)n1. The molecule has 13 heteroatoms. The summed E-state index contributed by atoms with van der Waals surface area (Å²) in [5.74, 6) is -0.533. The van der Waals surface area contributed by atoms with Crippen LogP contribution in [0.3, 0.4) is 0 Å². The average molecular weight is 685 g/mol. The van der Waals surface area contributed by atoms with E-state index < -0.39 is 47.1 Å². The van der Waals surface area contributed by atoms with Crippen LogP contribution >= 0.6 is 0 Å². The summed E-state index contributed by atoms with van der Waals surface area (Å²) in [6.07, 6.45) is -1.24. The van der Waals surface area contributed by atoms with Crippen LogP contribution in [0.25, 0.3) is 11.6 Å². The predicted molar refractivity (Wildman–Crippen MR) is 178 cm³/mol. The van der Waals surface area contributed by atoms with Crippen molar-refractivity contribution in [2.24, 2.45) is 17.3 Å². The zero-order valence-electron chi connectivity index (χ0n) is 28.7. The number of amides is 1. The van der Waals surface area contributed by atoms with E-state index in [-0.39, 0.29) is 48.7 Å². The number of benzene rings is 2. The third-order valence-electron chi connectivity index (χ3n) is 9.67. The average Bonchev–Trinajstić information content (AvgIpc) is 3.85. The number of anilines is 1. The second kappa shape index (κ2) is 12.3. The summed E-state index contributed by atoms with van der Waals surface area (Å²) in [5, 5.41) is 17.3. The molecule has 4 aromatic rings. The van der Waals surface area contributed by atoms with Gasteiger partial charge < -0.3 is 38.8 Å². The lowest BCUT2D eigenvalue weighted by atomic mass is 9.72. The van der Waals surface area contributed by atoms with Crippen LogP contribution in [-0.4, -0.2) is 52.4 Å². The molecule has 1 amide bonds. The van der Waals surface area contributed by atoms with Gasteiger partial charge in [0.05, 0.1) is 7.11 Å². The second-order valence-corrected chi connectivity index (χ2v) is 14.5. The van der Waals surface area contributed by atoms with Crippen molar-refractivity contribution in [2.45, 2.75) is 77.9 Å². The van der Waals surface area contributed by atoms with Crippen LogP contribution in [0.4, 0.5) is 10.5 Å². The van der Waals surface area contributed by atoms with Crippen molar-refractivity contribution in [3.63, 3.8) is 0 Å². The zero-order chi connectivity index (χ0) is 35.5. The third-order valence-corrected chi connectivity index (χ3v) is 9.67. The molecule has 7 rings (SSSR count). The molecule has 0 saturated carbocycles. The van der Waals surface area contributed by atoms with Crippen LogP contribution in [0.1, 0.15) is 81.1 Å². The van der Waals surface area contributed by atoms with Gasteiger partial charge in [0.25, 0.3) is 0 Å². The smallest absolute Gasteiger partial charge is 0.469 e. The summed E-state index contributed by atoms with van der Waals surface area (Å²) >= 11 is 0. The number of aromatic nitrogens is 2. The van der Waals surface area contributed by atoms with Gasteiger partial charge in [-0.05, 0) is 41.0 Å². The fourth-order valence-corrected chi connectivity index (χ4v) is 7.09. The number of ether oxygens (including phenoxy) is 3. The number of para-hydroxylation sites is 1. The molecule has 5 atom stereocenters. The van der Waals surface area contributed by atoms with E-state index in [0.717, 1.165) is 22.4 Å². The van der Waals surface area contributed by atoms with E-state index in [9.17, 15) is 19.5 Å². The molecule has 0 radical (unpaired) electrons. The lowest BCUT2D eigenvalue weighted by Crippen LogP contribution is -2.42. The van der Waals surface area contributed by atoms with Gasteiger partial charge in [0, 0.05) is 23.6 Å². The second-order valence-electron chi connectivity index (χ2n) is 14.5. The molecule has 1 spiro atoms. The standard InChI is InChI=1S/C37H40N4O9/c1-18(2)28(43)25(42)15-20-13-19-11-12-26-23(14-19)37(22-9-7-8-10-24(22)39-34(37)49-26)30-27(32-38-21(16-47-32)17-48-35(45)46-6)40-33(50-30)29(36(3,4)5)41-31(20)44/h7-12,14,16,18,20,28-29,34,39,43H,13,15,17H2,1-6H3,(H,41,44)/t20?,28-,29+,34?,37-/m0/s1. The number of hydrogen-bond acceptors (Lipinski definition) is 12. The molecule has 50 heavy (non-hydrogen) atoms. The number of rotatable bonds is 7. The van der Waals surface area contributed by atoms with Gasteiger partial charge in [-0.3, -0.25) is 9.59 Å². The van der Waals surface area contributed by atoms with Crippen molar-refractivity contribution < 1.29 is 42.5 Å². The normalized spacial score (nSPS) is 22.6. The van der Waals surface area contributed by atoms with Gasteiger partial charge in [0.2, 0.25) is 17.7 Å². The Morgan fingerprint density at radius 3 is 2.62 bits per heavy atom. The van der Waals surface area contributed by atoms with Crippen molar-refractivity contribution in [1.29, 1.82) is 0 Å². The Hall–Kier alpha value is -5.17. The van der Waals surface area contributed by atoms with Crippen molar-refractivity contribution in [1.82, 2.24) is 15.3 Å². The van der Waals surface area contributed by atoms with Gasteiger partial charge in [-0.15, -0.1) is 0 Å². The molecule has 4 bridgehead atoms. The summed E-state index contributed by atoms with van der Waals surface area (Å²) in [7, 11) is 1.21. The Morgan fingerprint density at radius 2 is 1.88 bits per heavy atom. The number of carbonyl (C=O) groups is 3. The summed E-state index contributed by atoms with van der Waals surface area (Å²) in [5.41, 5.74) is 2.21. The Kier molecular flexibility index (Phi) is 8.20. The minimum absolute atomic E-state index is 0.112. The molecule has 2 unspecified atom stereocenters. The number of ketones is 1. The summed E-state index contributed by atoms with van der Waals surface area (Å²) in [6, 6.07) is 12.8. The topological polar surface area (TPSA) is 175 Å². The van der Waals surface area contributed by atoms with Gasteiger partial charge in [-0.1, -0.05) is 65.0 Å². The Labute approximate surface area is 288 Å². The van der Waals surface area contributed by atoms with Crippen LogP contribution in [0, 0.1) is 17.3 Å². The number of Topliss-reactive ketones (excluding diaryl/α,β-unsaturated/α-hetero) is 1. The maximum atomic E-state index is 14.2. The predicted octanol–water partition coefficient (Wildman–Crippen LogP) is 5.44. The molecule has 3 aliphatic heterocycles. The molecule has 3 N–H and O–H groups in total. The highest BCUT2D eigenvalue weighted by Gasteiger charge is 2.61. The number of nitrogens with zero attached hydrogens (tertiary/aromatic N) is 2. The van der Waals surface area contributed by atoms with Crippen molar-refractivity contribution in [3.8, 4) is 17.3 Å². The minimum Gasteiger partial charge on any atom is -0.469 e. The fraction of sp³-hybridized carbons (Fsp3) is 0.432. The fourth-order valence-electron chi connectivity index (χ4n) is 7.09. The first-order valence-corrected chi connectivity index (χ1v) is 16.6. The first-order valence-electron chi connectivity index (χ1n) is 16.6. The van der Waals surface area contributed by atoms with Crippen LogP contribution < -0.4 is 15.4 Å². The van der Waals surface area contributed by atoms with E-state index in [1.54, 1.807) is 13.8 Å². The van der Waals surface area contributed by atoms with Gasteiger partial charge in [0.1, 0.15) is 41.9 Å². The van der Waals surface area contributed by atoms with Crippen molar-refractivity contribution >= 4 is 23.5 Å². The lowest BCUT2D eigenvalue weighted by molar-refractivity contribution is -0.135. The van der Waals surface area contributed by atoms with E-state index in [2.05, 4.69) is 20.4 Å². The number of aliphatic hydroxyl groups excluding tert-OH is 1. The molecule has 0 fully saturated rings. The van der Waals surface area contributed by atoms with Crippen LogP contribution in [0.15, 0.2) is 57.6 Å². The highest BCUT2D eigenvalue weighted by Crippen LogP contribution is 2.59. The van der Waals surface area contributed by atoms with E-state index in [4.69, 9.17) is 23.3 Å². The molecule has 0 saturated heterocycles. The maximum absolute atomic E-state index is 14.2. The van der Waals surface area contributed by atoms with Crippen molar-refractivity contribution in [3.05, 3.63) is 82.8 Å². The van der Waals surface area contributed by atoms with E-state index in [1.807, 2.05) is 63.2 Å². The van der Waals surface area contributed by atoms with Crippen LogP contribution in [-0.2, 0) is 37.5 Å². The first-order chi connectivity index (χ1) is 23.8. The molecule has 262 valence electrons. The van der Waals surface area contributed by atoms with Gasteiger partial charge in [0.15, 0.2) is 23.5 Å². The van der Waals surface area contributed by atoms with Crippen LogP contribution in [0.5, 0.6) is 5.75 Å². The van der Waals surface area contributed by atoms with E-state index in [1.165, 1.54) is 13.4 Å². The molecule has 0 aliphatic carbocycles. The molecule has 2 aromatic carbocycles. The lowest BCUT2D eigenvalue weighted by Gasteiger charge is -2.32. The number of nitrogens with one attached hydrogen (secondary N) is 2. The molecular weight excluding hydrogens is 644 g/mol. The maximum Gasteiger partial charge on any atom is 0.508 e. The number of fused-ring (bicyclic) bond motifs is 4. The molecule has 3 aliphatic rings. The van der Waals surface area contributed by atoms with E-state index >= 15 is 0 Å². The molecule has 2 aromatic heterocycles. The van der Waals surface area contributed by atoms with Gasteiger partial charge >= 0.3 is 6.16 Å². The Balaban J connectivity index is 1.45. The summed E-state index contributed by atoms with van der Waals surface area (Å²) in [4.78, 5) is 48.7. The number of aliphatic hydroxyl groups is 1. The summed E-state index contributed by atoms with van der Waals surface area (Å²) < 4.78 is 29.1. The molecule has 13 nitrogen and oxygen atoms in total. The largest absolute Gasteiger partial charge is 0.508 e. The summed E-state index contributed by atoms with van der Waals surface area (Å²) in [6.45, 7) is 9.20. The van der Waals surface area contributed by atoms with Crippen molar-refractivity contribution in [2.75, 3.05) is 12.4 Å². The van der Waals surface area contributed by atoms with Gasteiger partial charge in [-0.25, -0.2) is 14.8 Å². The number of hydrogen-bond donors (Lipinski definition) is 3. The van der Waals surface area contributed by atoms with Gasteiger partial charge in [-0.2, -0.15) is 0 Å². The highest BCUT2D eigenvalue weighted by molar-refractivity contribution is 5.89. The first kappa shape index (κ1) is 33.3. The number of oxazole rings is 2. The Morgan fingerprint density at radius 1 is 1.10 bits per heavy atom. The number of carbonyl (C=O) groups excluding carboxylic acids is 3. The van der Waals surface area contributed by atoms with E-state index in [0.29, 0.717) is 17.2 Å². The molecular formula is C37H40N4O9. The van der Waals surface area contributed by atoms with Crippen LogP contribution in [0.2, 0.25) is 0 Å². The third kappa shape index (κ3) is 5.49. The Bertz CT molecular complexity index is 1970. The minimum atomic E-state index is -1.19. The highest BCUT2D eigenvalue weighted by atomic mass is 16.7.